The lowest BCUT2D eigenvalue weighted by molar-refractivity contribution is -0.661. The number of hydrogen-bond donors (Lipinski definition) is 0. The Kier molecular flexibility index (Phi) is 22.4. The number of benzene rings is 5. The van der Waals surface area contributed by atoms with Crippen LogP contribution in [0.2, 0.25) is 0 Å². The molecule has 0 bridgehead atoms. The first kappa shape index (κ1) is 62.6. The van der Waals surface area contributed by atoms with E-state index in [2.05, 4.69) is 243 Å². The first-order chi connectivity index (χ1) is 45.8. The lowest BCUT2D eigenvalue weighted by Gasteiger charge is -2.16. The maximum absolute atomic E-state index is 8.48. The molecule has 10 rings (SSSR count). The Bertz CT molecular complexity index is 4390. The highest BCUT2D eigenvalue weighted by Gasteiger charge is 2.23. The van der Waals surface area contributed by atoms with Gasteiger partial charge in [0.2, 0.25) is 28.5 Å². The van der Waals surface area contributed by atoms with E-state index in [4.69, 9.17) is 9.60 Å². The Morgan fingerprint density at radius 1 is 0.272 bits per heavy atom. The van der Waals surface area contributed by atoms with E-state index in [-0.39, 0.29) is 0 Å². The summed E-state index contributed by atoms with van der Waals surface area (Å²) < 4.78 is 66.3. The van der Waals surface area contributed by atoms with Gasteiger partial charge in [0.05, 0.1) is 0 Å². The Hall–Kier alpha value is -8.15. The highest BCUT2D eigenvalue weighted by atomic mass is 14.9. The molecule has 0 radical (unpaired) electrons. The fourth-order valence-electron chi connectivity index (χ4n) is 12.0. The first-order valence-corrected chi connectivity index (χ1v) is 32.7. The predicted octanol–water partition coefficient (Wildman–Crippen LogP) is 20.4. The molecule has 482 valence electrons. The summed E-state index contributed by atoms with van der Waals surface area (Å²) in [5.41, 5.74) is 28.9. The van der Waals surface area contributed by atoms with Crippen LogP contribution in [0.1, 0.15) is 212 Å². The third kappa shape index (κ3) is 18.8. The summed E-state index contributed by atoms with van der Waals surface area (Å²) >= 11 is 0. The van der Waals surface area contributed by atoms with E-state index < -0.39 is 30.4 Å². The summed E-state index contributed by atoms with van der Waals surface area (Å²) in [7, 11) is 10.3. The van der Waals surface area contributed by atoms with Gasteiger partial charge < -0.3 is 0 Å². The van der Waals surface area contributed by atoms with E-state index in [9.17, 15) is 0 Å². The van der Waals surface area contributed by atoms with Crippen molar-refractivity contribution < 1.29 is 32.4 Å². The van der Waals surface area contributed by atoms with E-state index in [0.29, 0.717) is 17.4 Å². The second kappa shape index (κ2) is 32.9. The van der Waals surface area contributed by atoms with Crippen LogP contribution in [-0.2, 0) is 35.2 Å². The van der Waals surface area contributed by atoms with Gasteiger partial charge in [-0.1, -0.05) is 173 Å². The minimum Gasteiger partial charge on any atom is -0.201 e. The van der Waals surface area contributed by atoms with Crippen LogP contribution in [0.4, 0.5) is 0 Å². The second-order valence-corrected chi connectivity index (χ2v) is 26.8. The Balaban J connectivity index is 0.000000196. The number of aromatic nitrogens is 5. The molecule has 0 spiro atoms. The Morgan fingerprint density at radius 3 is 1.00 bits per heavy atom. The molecule has 0 aliphatic rings. The lowest BCUT2D eigenvalue weighted by Crippen LogP contribution is -2.32. The van der Waals surface area contributed by atoms with E-state index in [1.807, 2.05) is 124 Å². The molecule has 5 aromatic carbocycles. The van der Waals surface area contributed by atoms with Gasteiger partial charge >= 0.3 is 0 Å². The van der Waals surface area contributed by atoms with Gasteiger partial charge in [0.15, 0.2) is 31.0 Å². The molecule has 0 aliphatic carbocycles. The predicted molar refractivity (Wildman–Crippen MR) is 392 cm³/mol. The van der Waals surface area contributed by atoms with Crippen molar-refractivity contribution in [1.82, 2.24) is 0 Å². The maximum Gasteiger partial charge on any atom is 0.212 e. The van der Waals surface area contributed by atoms with Crippen LogP contribution in [-0.4, -0.2) is 0 Å². The van der Waals surface area contributed by atoms with Crippen LogP contribution < -0.4 is 22.8 Å². The van der Waals surface area contributed by atoms with Crippen molar-refractivity contribution in [3.63, 3.8) is 0 Å². The van der Waals surface area contributed by atoms with E-state index in [1.165, 1.54) is 89.4 Å². The third-order valence-corrected chi connectivity index (χ3v) is 17.5. The average molecular weight is 1240 g/mol. The van der Waals surface area contributed by atoms with Gasteiger partial charge in [0, 0.05) is 95.6 Å². The van der Waals surface area contributed by atoms with Gasteiger partial charge in [0.25, 0.3) is 0 Å². The summed E-state index contributed by atoms with van der Waals surface area (Å²) in [6.07, 6.45) is 10.6. The zero-order valence-electron chi connectivity index (χ0n) is 67.7. The molecule has 0 unspecified atom stereocenters. The molecule has 0 amide bonds. The summed E-state index contributed by atoms with van der Waals surface area (Å²) in [6, 6.07) is 52.1. The fraction of sp³-hybridized carbons (Fsp3) is 0.368. The fourth-order valence-corrected chi connectivity index (χ4v) is 12.0. The van der Waals surface area contributed by atoms with Gasteiger partial charge in [0.1, 0.15) is 35.2 Å². The van der Waals surface area contributed by atoms with Crippen molar-refractivity contribution in [3.8, 4) is 56.3 Å². The molecule has 0 saturated carbocycles. The van der Waals surface area contributed by atoms with E-state index in [0.717, 1.165) is 44.8 Å². The largest absolute Gasteiger partial charge is 0.212 e. The highest BCUT2D eigenvalue weighted by molar-refractivity contribution is 5.65. The number of pyridine rings is 5. The molecule has 0 saturated heterocycles. The molecular formula is C87H114N5+5. The minimum atomic E-state index is -2.08. The Morgan fingerprint density at radius 2 is 0.620 bits per heavy atom. The van der Waals surface area contributed by atoms with Gasteiger partial charge in [-0.05, 0) is 185 Å². The molecule has 92 heavy (non-hydrogen) atoms. The van der Waals surface area contributed by atoms with Gasteiger partial charge in [-0.15, -0.1) is 0 Å². The van der Waals surface area contributed by atoms with Crippen molar-refractivity contribution in [1.29, 1.82) is 0 Å². The SMILES string of the molecule is Cc1ccc(-c2ccc(C(C)C)c[n+]2C)c(C)c1.Cc1ccccc1-c1cc(C)c(C(C)C)c[n+]1C.[2H]C(C)(C)c1c[n+](C)c(-c2ccccc2C)cc1C.[2H]C(C)(C)c1cc(-c2ccccc2C)[n+](C)cc1C([2H])(C)C.[2H]C([2H])([2H])c1ccc(-c2ccc(C([2H])(C)C)c[n+]2C)c(C)c1. The molecule has 0 atom stereocenters. The summed E-state index contributed by atoms with van der Waals surface area (Å²) in [4.78, 5) is 0. The van der Waals surface area contributed by atoms with Crippen LogP contribution in [0.25, 0.3) is 56.3 Å². The van der Waals surface area contributed by atoms with Gasteiger partial charge in [-0.3, -0.25) is 0 Å². The Labute approximate surface area is 568 Å². The summed E-state index contributed by atoms with van der Waals surface area (Å²) in [6.45, 7) is 38.9. The zero-order valence-corrected chi connectivity index (χ0v) is 60.7. The second-order valence-electron chi connectivity index (χ2n) is 26.8. The molecule has 5 heteroatoms. The van der Waals surface area contributed by atoms with Crippen molar-refractivity contribution in [3.05, 3.63) is 266 Å². The molecule has 0 aliphatic heterocycles. The van der Waals surface area contributed by atoms with Crippen LogP contribution >= 0.6 is 0 Å². The van der Waals surface area contributed by atoms with Crippen molar-refractivity contribution in [2.45, 2.75) is 181 Å². The third-order valence-electron chi connectivity index (χ3n) is 17.5. The highest BCUT2D eigenvalue weighted by Crippen LogP contribution is 2.31. The van der Waals surface area contributed by atoms with Crippen LogP contribution in [0.3, 0.4) is 0 Å². The van der Waals surface area contributed by atoms with Crippen LogP contribution in [0, 0.1) is 62.2 Å². The molecular weight excluding hydrogens is 1110 g/mol. The lowest BCUT2D eigenvalue weighted by atomic mass is 9.90. The monoisotopic (exact) mass is 1240 g/mol. The standard InChI is InChI=1S/C19H26N.4C17H22N/c1-13(2)17-11-19(16-10-8-7-9-15(16)5)20(6)12-18(17)14(3)4;2*1-12(2)15-7-9-17(18(5)11-15)16-8-6-13(3)10-14(16)4;2*1-12(2)16-11-18(5)17(10-14(16)4)15-9-7-6-8-13(15)3/h7-14H,1-6H3;4*6-12H,1-5H3/q5*+1/i13D,14D;3D3,12D;;12D;. The molecule has 5 nitrogen and oxygen atoms in total. The van der Waals surface area contributed by atoms with Crippen molar-refractivity contribution in [2.24, 2.45) is 35.2 Å². The maximum atomic E-state index is 8.48. The minimum absolute atomic E-state index is 0.361. The topological polar surface area (TPSA) is 19.4 Å². The number of aryl methyl sites for hydroxylation is 14. The molecule has 0 fully saturated rings. The normalized spacial score (nSPS) is 12.8. The molecule has 10 aromatic rings. The molecule has 5 aromatic heterocycles. The van der Waals surface area contributed by atoms with Gasteiger partial charge in [-0.2, -0.15) is 0 Å². The van der Waals surface area contributed by atoms with Crippen LogP contribution in [0.5, 0.6) is 0 Å². The smallest absolute Gasteiger partial charge is 0.201 e. The van der Waals surface area contributed by atoms with E-state index >= 15 is 0 Å². The molecule has 5 heterocycles. The van der Waals surface area contributed by atoms with Gasteiger partial charge in [-0.25, -0.2) is 22.8 Å². The first-order valence-electron chi connectivity index (χ1n) is 36.2. The number of nitrogens with zero attached hydrogens (tertiary/aromatic N) is 5. The quantitative estimate of drug-likeness (QED) is 0.115. The zero-order chi connectivity index (χ0) is 74.2. The number of rotatable bonds is 11. The summed E-state index contributed by atoms with van der Waals surface area (Å²) in [5.74, 6) is -1.52. The number of hydrogen-bond acceptors (Lipinski definition) is 0. The van der Waals surface area contributed by atoms with E-state index in [1.54, 1.807) is 12.1 Å². The molecule has 0 N–H and O–H groups in total. The van der Waals surface area contributed by atoms with Crippen molar-refractivity contribution >= 4 is 0 Å². The van der Waals surface area contributed by atoms with Crippen LogP contribution in [0.15, 0.2) is 183 Å². The summed E-state index contributed by atoms with van der Waals surface area (Å²) in [5, 5.41) is 0. The average Bonchev–Trinajstić information content (AvgIpc) is 0.780. The van der Waals surface area contributed by atoms with Crippen molar-refractivity contribution in [2.75, 3.05) is 0 Å².